The highest BCUT2D eigenvalue weighted by Crippen LogP contribution is 1.72. The van der Waals surface area contributed by atoms with Crippen LogP contribution in [0.4, 0.5) is 0 Å². The van der Waals surface area contributed by atoms with Crippen LogP contribution in [0.3, 0.4) is 0 Å². The highest BCUT2D eigenvalue weighted by atomic mass is 15.0. The Balaban J connectivity index is 2.87. The number of nitrogens with one attached hydrogen (secondary N) is 4. The molecule has 0 heterocycles. The van der Waals surface area contributed by atoms with E-state index in [1.54, 1.807) is 0 Å². The molecule has 15 heavy (non-hydrogen) atoms. The van der Waals surface area contributed by atoms with Gasteiger partial charge in [0.25, 0.3) is 0 Å². The summed E-state index contributed by atoms with van der Waals surface area (Å²) in [6.45, 7) is 13.8. The molecule has 0 fully saturated rings. The first-order chi connectivity index (χ1) is 7.27. The number of hydrogen-bond donors (Lipinski definition) is 4. The highest BCUT2D eigenvalue weighted by Gasteiger charge is 1.91. The van der Waals surface area contributed by atoms with Crippen LogP contribution in [0.1, 0.15) is 20.8 Å². The van der Waals surface area contributed by atoms with Crippen molar-refractivity contribution in [2.24, 2.45) is 0 Å². The fraction of sp³-hybridized carbons (Fsp3) is 1.00. The van der Waals surface area contributed by atoms with E-state index >= 15 is 0 Å². The van der Waals surface area contributed by atoms with E-state index in [4.69, 9.17) is 0 Å². The third kappa shape index (κ3) is 13.8. The molecule has 0 aliphatic carbocycles. The van der Waals surface area contributed by atoms with Gasteiger partial charge < -0.3 is 21.3 Å². The summed E-state index contributed by atoms with van der Waals surface area (Å²) in [5.41, 5.74) is 0. The maximum absolute atomic E-state index is 3.39. The Hall–Kier alpha value is -0.160. The maximum atomic E-state index is 3.39. The molecule has 0 rings (SSSR count). The zero-order valence-corrected chi connectivity index (χ0v) is 10.5. The molecule has 0 aromatic rings. The average molecular weight is 216 g/mol. The Morgan fingerprint density at radius 2 is 1.20 bits per heavy atom. The molecule has 0 spiro atoms. The van der Waals surface area contributed by atoms with Crippen LogP contribution in [0.25, 0.3) is 0 Å². The van der Waals surface area contributed by atoms with Crippen molar-refractivity contribution in [2.45, 2.75) is 26.8 Å². The number of hydrogen-bond acceptors (Lipinski definition) is 4. The smallest absolute Gasteiger partial charge is 0.00791 e. The van der Waals surface area contributed by atoms with Gasteiger partial charge in [-0.1, -0.05) is 20.8 Å². The van der Waals surface area contributed by atoms with Gasteiger partial charge in [-0.2, -0.15) is 0 Å². The predicted molar refractivity (Wildman–Crippen MR) is 67.4 cm³/mol. The molecule has 4 N–H and O–H groups in total. The lowest BCUT2D eigenvalue weighted by molar-refractivity contribution is 0.541. The second-order valence-electron chi connectivity index (χ2n) is 3.96. The van der Waals surface area contributed by atoms with Crippen molar-refractivity contribution in [3.8, 4) is 0 Å². The van der Waals surface area contributed by atoms with E-state index < -0.39 is 0 Å². The van der Waals surface area contributed by atoms with E-state index in [-0.39, 0.29) is 0 Å². The highest BCUT2D eigenvalue weighted by molar-refractivity contribution is 4.57. The Morgan fingerprint density at radius 1 is 0.733 bits per heavy atom. The lowest BCUT2D eigenvalue weighted by Crippen LogP contribution is -2.36. The van der Waals surface area contributed by atoms with Crippen LogP contribution in [0.2, 0.25) is 0 Å². The molecule has 0 amide bonds. The zero-order chi connectivity index (χ0) is 11.4. The molecule has 0 aliphatic heterocycles. The van der Waals surface area contributed by atoms with Crippen LogP contribution in [0, 0.1) is 0 Å². The molecule has 4 nitrogen and oxygen atoms in total. The van der Waals surface area contributed by atoms with Crippen molar-refractivity contribution in [1.82, 2.24) is 21.3 Å². The van der Waals surface area contributed by atoms with Gasteiger partial charge in [-0.25, -0.2) is 0 Å². The molecule has 4 heteroatoms. The first-order valence-corrected chi connectivity index (χ1v) is 6.13. The SMILES string of the molecule is CCNCCNCCNCCNC(C)C. The fourth-order valence-corrected chi connectivity index (χ4v) is 1.23. The van der Waals surface area contributed by atoms with Gasteiger partial charge in [0.15, 0.2) is 0 Å². The van der Waals surface area contributed by atoms with Crippen LogP contribution in [0.15, 0.2) is 0 Å². The molecule has 0 unspecified atom stereocenters. The topological polar surface area (TPSA) is 48.1 Å². The largest absolute Gasteiger partial charge is 0.316 e. The fourth-order valence-electron chi connectivity index (χ4n) is 1.23. The van der Waals surface area contributed by atoms with Gasteiger partial charge >= 0.3 is 0 Å². The predicted octanol–water partition coefficient (Wildman–Crippen LogP) is -0.227. The minimum absolute atomic E-state index is 0.588. The third-order valence-corrected chi connectivity index (χ3v) is 2.06. The molecular formula is C11H28N4. The molecule has 0 aliphatic rings. The van der Waals surface area contributed by atoms with Crippen molar-refractivity contribution in [2.75, 3.05) is 45.8 Å². The molecule has 0 saturated carbocycles. The first-order valence-electron chi connectivity index (χ1n) is 6.13. The van der Waals surface area contributed by atoms with Crippen molar-refractivity contribution in [1.29, 1.82) is 0 Å². The Kier molecular flexibility index (Phi) is 11.8. The molecule has 0 radical (unpaired) electrons. The minimum Gasteiger partial charge on any atom is -0.316 e. The summed E-state index contributed by atoms with van der Waals surface area (Å²) in [6.07, 6.45) is 0. The van der Waals surface area contributed by atoms with Crippen LogP contribution < -0.4 is 21.3 Å². The van der Waals surface area contributed by atoms with Gasteiger partial charge in [0.05, 0.1) is 0 Å². The summed E-state index contributed by atoms with van der Waals surface area (Å²) >= 11 is 0. The molecule has 0 aromatic carbocycles. The van der Waals surface area contributed by atoms with E-state index in [9.17, 15) is 0 Å². The lowest BCUT2D eigenvalue weighted by Gasteiger charge is -2.09. The minimum atomic E-state index is 0.588. The summed E-state index contributed by atoms with van der Waals surface area (Å²) in [4.78, 5) is 0. The maximum Gasteiger partial charge on any atom is 0.00791 e. The summed E-state index contributed by atoms with van der Waals surface area (Å²) < 4.78 is 0. The van der Waals surface area contributed by atoms with Crippen LogP contribution in [-0.2, 0) is 0 Å². The van der Waals surface area contributed by atoms with Gasteiger partial charge in [-0.15, -0.1) is 0 Å². The second-order valence-corrected chi connectivity index (χ2v) is 3.96. The average Bonchev–Trinajstić information content (AvgIpc) is 2.20. The molecule has 0 atom stereocenters. The van der Waals surface area contributed by atoms with Crippen molar-refractivity contribution in [3.63, 3.8) is 0 Å². The van der Waals surface area contributed by atoms with Crippen molar-refractivity contribution >= 4 is 0 Å². The van der Waals surface area contributed by atoms with Gasteiger partial charge in [-0.05, 0) is 6.54 Å². The van der Waals surface area contributed by atoms with E-state index in [0.717, 1.165) is 45.8 Å². The summed E-state index contributed by atoms with van der Waals surface area (Å²) in [5.74, 6) is 0. The van der Waals surface area contributed by atoms with Crippen LogP contribution in [-0.4, -0.2) is 51.9 Å². The quantitative estimate of drug-likeness (QED) is 0.361. The molecule has 0 saturated heterocycles. The molecule has 92 valence electrons. The molecular weight excluding hydrogens is 188 g/mol. The van der Waals surface area contributed by atoms with Crippen molar-refractivity contribution < 1.29 is 0 Å². The Labute approximate surface area is 94.6 Å². The van der Waals surface area contributed by atoms with Crippen molar-refractivity contribution in [3.05, 3.63) is 0 Å². The second kappa shape index (κ2) is 11.9. The number of rotatable bonds is 11. The normalized spacial score (nSPS) is 11.2. The number of likely N-dealkylation sites (N-methyl/N-ethyl adjacent to an activating group) is 1. The summed E-state index contributed by atoms with van der Waals surface area (Å²) in [6, 6.07) is 0.588. The third-order valence-electron chi connectivity index (χ3n) is 2.06. The summed E-state index contributed by atoms with van der Waals surface area (Å²) in [7, 11) is 0. The Bertz CT molecular complexity index is 117. The van der Waals surface area contributed by atoms with E-state index in [0.29, 0.717) is 6.04 Å². The zero-order valence-electron chi connectivity index (χ0n) is 10.5. The van der Waals surface area contributed by atoms with Gasteiger partial charge in [-0.3, -0.25) is 0 Å². The standard InChI is InChI=1S/C11H28N4/c1-4-12-5-6-13-7-8-14-9-10-15-11(2)3/h11-15H,4-10H2,1-3H3. The first kappa shape index (κ1) is 14.8. The summed E-state index contributed by atoms with van der Waals surface area (Å²) in [5, 5.41) is 13.4. The van der Waals surface area contributed by atoms with E-state index in [1.165, 1.54) is 0 Å². The van der Waals surface area contributed by atoms with E-state index in [1.807, 2.05) is 0 Å². The van der Waals surface area contributed by atoms with Crippen LogP contribution >= 0.6 is 0 Å². The molecule has 0 aromatic heterocycles. The van der Waals surface area contributed by atoms with Gasteiger partial charge in [0, 0.05) is 45.3 Å². The van der Waals surface area contributed by atoms with Gasteiger partial charge in [0.1, 0.15) is 0 Å². The van der Waals surface area contributed by atoms with Gasteiger partial charge in [0.2, 0.25) is 0 Å². The monoisotopic (exact) mass is 216 g/mol. The molecule has 0 bridgehead atoms. The van der Waals surface area contributed by atoms with E-state index in [2.05, 4.69) is 42.0 Å². The Morgan fingerprint density at radius 3 is 1.67 bits per heavy atom. The van der Waals surface area contributed by atoms with Crippen LogP contribution in [0.5, 0.6) is 0 Å². The lowest BCUT2D eigenvalue weighted by atomic mass is 10.4.